The van der Waals surface area contributed by atoms with Gasteiger partial charge in [-0.25, -0.2) is 0 Å². The Morgan fingerprint density at radius 2 is 2.40 bits per heavy atom. The molecule has 1 amide bonds. The Bertz CT molecular complexity index is 375. The van der Waals surface area contributed by atoms with Gasteiger partial charge in [0.25, 0.3) is 0 Å². The van der Waals surface area contributed by atoms with Crippen molar-refractivity contribution in [3.8, 4) is 0 Å². The molecule has 0 aromatic carbocycles. The van der Waals surface area contributed by atoms with Gasteiger partial charge in [0.15, 0.2) is 0 Å². The van der Waals surface area contributed by atoms with Gasteiger partial charge in [0.1, 0.15) is 6.04 Å². The summed E-state index contributed by atoms with van der Waals surface area (Å²) in [5.41, 5.74) is 10.8. The van der Waals surface area contributed by atoms with Gasteiger partial charge in [-0.3, -0.25) is 4.79 Å². The van der Waals surface area contributed by atoms with Gasteiger partial charge in [-0.05, 0) is 13.3 Å². The molecule has 1 aromatic rings. The monoisotopic (exact) mass is 211 g/mol. The first-order chi connectivity index (χ1) is 7.09. The Kier molecular flexibility index (Phi) is 2.31. The molecule has 0 aliphatic carbocycles. The average molecular weight is 211 g/mol. The molecule has 2 rings (SSSR count). The first-order valence-electron chi connectivity index (χ1n) is 4.74. The van der Waals surface area contributed by atoms with Gasteiger partial charge >= 0.3 is 6.01 Å². The molecule has 2 atom stereocenters. The summed E-state index contributed by atoms with van der Waals surface area (Å²) < 4.78 is 5.30. The summed E-state index contributed by atoms with van der Waals surface area (Å²) in [5.74, 6) is -0.0121. The van der Waals surface area contributed by atoms with E-state index in [9.17, 15) is 4.79 Å². The van der Waals surface area contributed by atoms with Crippen LogP contribution in [0.25, 0.3) is 0 Å². The first-order valence-corrected chi connectivity index (χ1v) is 4.74. The molecule has 1 fully saturated rings. The Morgan fingerprint density at radius 1 is 1.67 bits per heavy atom. The third-order valence-electron chi connectivity index (χ3n) is 2.41. The molecule has 1 aliphatic rings. The fraction of sp³-hybridized carbons (Fsp3) is 0.625. The van der Waals surface area contributed by atoms with Crippen molar-refractivity contribution >= 4 is 11.9 Å². The van der Waals surface area contributed by atoms with Crippen LogP contribution in [0, 0.1) is 0 Å². The molecule has 7 nitrogen and oxygen atoms in total. The van der Waals surface area contributed by atoms with E-state index in [1.165, 1.54) is 0 Å². The van der Waals surface area contributed by atoms with Gasteiger partial charge in [-0.15, -0.1) is 5.10 Å². The van der Waals surface area contributed by atoms with E-state index in [-0.39, 0.29) is 18.0 Å². The molecule has 4 N–H and O–H groups in total. The van der Waals surface area contributed by atoms with E-state index in [4.69, 9.17) is 15.9 Å². The van der Waals surface area contributed by atoms with Crippen LogP contribution in [0.1, 0.15) is 25.3 Å². The highest BCUT2D eigenvalue weighted by Gasteiger charge is 2.36. The lowest BCUT2D eigenvalue weighted by molar-refractivity contribution is -0.120. The molecule has 1 aromatic heterocycles. The lowest BCUT2D eigenvalue weighted by Crippen LogP contribution is -2.55. The molecular weight excluding hydrogens is 198 g/mol. The lowest BCUT2D eigenvalue weighted by Gasteiger charge is -2.36. The number of carbonyl (C=O) groups is 1. The fourth-order valence-corrected chi connectivity index (χ4v) is 1.44. The van der Waals surface area contributed by atoms with Crippen molar-refractivity contribution in [1.82, 2.24) is 10.2 Å². The highest BCUT2D eigenvalue weighted by atomic mass is 16.4. The number of carbonyl (C=O) groups excluding carboxylic acids is 1. The van der Waals surface area contributed by atoms with Crippen molar-refractivity contribution < 1.29 is 9.21 Å². The van der Waals surface area contributed by atoms with Crippen LogP contribution in [0.2, 0.25) is 0 Å². The summed E-state index contributed by atoms with van der Waals surface area (Å²) >= 11 is 0. The molecule has 0 spiro atoms. The Labute approximate surface area is 86.4 Å². The smallest absolute Gasteiger partial charge is 0.318 e. The van der Waals surface area contributed by atoms with Gasteiger partial charge in [0.05, 0.1) is 6.04 Å². The van der Waals surface area contributed by atoms with Crippen molar-refractivity contribution in [2.24, 2.45) is 11.5 Å². The molecule has 0 bridgehead atoms. The molecule has 1 saturated heterocycles. The Morgan fingerprint density at radius 3 is 2.80 bits per heavy atom. The molecular formula is C8H13N5O2. The average Bonchev–Trinajstić information content (AvgIpc) is 2.49. The number of anilines is 1. The summed E-state index contributed by atoms with van der Waals surface area (Å²) in [6.45, 7) is 2.45. The minimum Gasteiger partial charge on any atom is -0.406 e. The van der Waals surface area contributed by atoms with Gasteiger partial charge in [-0.1, -0.05) is 5.10 Å². The molecule has 82 valence electrons. The zero-order chi connectivity index (χ0) is 11.0. The number of rotatable bonds is 3. The van der Waals surface area contributed by atoms with E-state index in [0.717, 1.165) is 6.42 Å². The number of hydrogen-bond donors (Lipinski definition) is 2. The number of primary amides is 1. The van der Waals surface area contributed by atoms with Crippen molar-refractivity contribution in [2.45, 2.75) is 25.4 Å². The third kappa shape index (κ3) is 1.65. The van der Waals surface area contributed by atoms with E-state index in [0.29, 0.717) is 18.5 Å². The zero-order valence-electron chi connectivity index (χ0n) is 8.38. The van der Waals surface area contributed by atoms with Crippen LogP contribution in [0.15, 0.2) is 4.42 Å². The van der Waals surface area contributed by atoms with E-state index >= 15 is 0 Å². The van der Waals surface area contributed by atoms with Gasteiger partial charge in [-0.2, -0.15) is 0 Å². The summed E-state index contributed by atoms with van der Waals surface area (Å²) in [5, 5.41) is 7.59. The number of aromatic nitrogens is 2. The van der Waals surface area contributed by atoms with Crippen molar-refractivity contribution in [3.63, 3.8) is 0 Å². The second-order valence-electron chi connectivity index (χ2n) is 3.61. The van der Waals surface area contributed by atoms with Crippen LogP contribution in [0.3, 0.4) is 0 Å². The maximum atomic E-state index is 11.0. The number of amides is 1. The summed E-state index contributed by atoms with van der Waals surface area (Å²) in [6, 6.07) is -0.316. The Hall–Kier alpha value is -1.63. The van der Waals surface area contributed by atoms with Gasteiger partial charge in [0.2, 0.25) is 11.8 Å². The molecule has 2 heterocycles. The van der Waals surface area contributed by atoms with Crippen molar-refractivity contribution in [2.75, 3.05) is 11.4 Å². The second-order valence-corrected chi connectivity index (χ2v) is 3.61. The van der Waals surface area contributed by atoms with Crippen LogP contribution in [-0.4, -0.2) is 28.7 Å². The molecule has 0 radical (unpaired) electrons. The highest BCUT2D eigenvalue weighted by molar-refractivity contribution is 5.84. The lowest BCUT2D eigenvalue weighted by atomic mass is 10.0. The predicted molar refractivity (Wildman–Crippen MR) is 51.8 cm³/mol. The summed E-state index contributed by atoms with van der Waals surface area (Å²) in [7, 11) is 0. The van der Waals surface area contributed by atoms with E-state index in [1.54, 1.807) is 11.8 Å². The summed E-state index contributed by atoms with van der Waals surface area (Å²) in [4.78, 5) is 12.7. The molecule has 7 heteroatoms. The van der Waals surface area contributed by atoms with Crippen LogP contribution in [0.4, 0.5) is 6.01 Å². The topological polar surface area (TPSA) is 111 Å². The van der Waals surface area contributed by atoms with Gasteiger partial charge < -0.3 is 20.8 Å². The molecule has 0 saturated carbocycles. The second kappa shape index (κ2) is 3.50. The van der Waals surface area contributed by atoms with Crippen molar-refractivity contribution in [3.05, 3.63) is 5.89 Å². The maximum absolute atomic E-state index is 11.0. The largest absolute Gasteiger partial charge is 0.406 e. The van der Waals surface area contributed by atoms with Crippen LogP contribution >= 0.6 is 0 Å². The molecule has 15 heavy (non-hydrogen) atoms. The SMILES string of the molecule is CC(N)c1nnc(N2CCC2C(N)=O)o1. The number of nitrogens with zero attached hydrogens (tertiary/aromatic N) is 3. The minimum absolute atomic E-state index is 0.306. The Balaban J connectivity index is 2.13. The van der Waals surface area contributed by atoms with Crippen LogP contribution in [0.5, 0.6) is 0 Å². The normalized spacial score (nSPS) is 22.3. The van der Waals surface area contributed by atoms with Crippen LogP contribution < -0.4 is 16.4 Å². The zero-order valence-corrected chi connectivity index (χ0v) is 8.38. The third-order valence-corrected chi connectivity index (χ3v) is 2.41. The number of hydrogen-bond acceptors (Lipinski definition) is 6. The fourth-order valence-electron chi connectivity index (χ4n) is 1.44. The van der Waals surface area contributed by atoms with E-state index < -0.39 is 0 Å². The predicted octanol–water partition coefficient (Wildman–Crippen LogP) is -0.847. The highest BCUT2D eigenvalue weighted by Crippen LogP contribution is 2.25. The minimum atomic E-state index is -0.373. The number of nitrogens with two attached hydrogens (primary N) is 2. The van der Waals surface area contributed by atoms with E-state index in [2.05, 4.69) is 10.2 Å². The van der Waals surface area contributed by atoms with Gasteiger partial charge in [0, 0.05) is 6.54 Å². The maximum Gasteiger partial charge on any atom is 0.318 e. The van der Waals surface area contributed by atoms with E-state index in [1.807, 2.05) is 0 Å². The molecule has 1 aliphatic heterocycles. The quantitative estimate of drug-likeness (QED) is 0.673. The molecule has 2 unspecified atom stereocenters. The van der Waals surface area contributed by atoms with Crippen LogP contribution in [-0.2, 0) is 4.79 Å². The summed E-state index contributed by atoms with van der Waals surface area (Å²) in [6.07, 6.45) is 0.727. The first kappa shape index (κ1) is 9.91. The standard InChI is InChI=1S/C8H13N5O2/c1-4(9)7-11-12-8(15-7)13-3-2-5(13)6(10)14/h4-5H,2-3,9H2,1H3,(H2,10,14). The van der Waals surface area contributed by atoms with Crippen molar-refractivity contribution in [1.29, 1.82) is 0 Å².